The molecule has 0 amide bonds. The molecule has 0 aliphatic heterocycles. The molecule has 16 heteroatoms. The maximum absolute atomic E-state index is 13.3. The molecule has 0 saturated heterocycles. The summed E-state index contributed by atoms with van der Waals surface area (Å²) in [6.45, 7) is 11.7. The summed E-state index contributed by atoms with van der Waals surface area (Å²) < 4.78 is 53.9. The number of benzene rings is 1. The van der Waals surface area contributed by atoms with Crippen molar-refractivity contribution < 1.29 is 76.1 Å². The molecule has 0 N–H and O–H groups in total. The first kappa shape index (κ1) is 55.3. The highest BCUT2D eigenvalue weighted by Gasteiger charge is 2.37. The monoisotopic (exact) mass is 969 g/mol. The molecule has 4 fully saturated rings. The maximum atomic E-state index is 13.3. The smallest absolute Gasteiger partial charge is 0.330 e. The number of rotatable bonds is 28. The third-order valence-electron chi connectivity index (χ3n) is 14.3. The number of esters is 6. The third-order valence-corrected chi connectivity index (χ3v) is 14.3. The van der Waals surface area contributed by atoms with Crippen LogP contribution in [0.2, 0.25) is 0 Å². The zero-order valence-electron chi connectivity index (χ0n) is 40.8. The molecule has 0 atom stereocenters. The Morgan fingerprint density at radius 3 is 1.06 bits per heavy atom. The standard InChI is InChI=1S/C53H76O16/c1-4-48(54)64-32-28-60-24-26-62-30-34-66-50(56)42-14-6-38(7-15-42)40-10-18-44(19-11-40)52(58)68-46-22-23-47(37(3)36-46)69-53(59)45-20-12-41(13-21-45)39-8-16-43(17-9-39)51(57)67-35-31-63-27-25-61-29-33-65-49(55)5-2/h4-5,22-23,36,38-45H,1-2,6-21,24-35H2,3H3. The van der Waals surface area contributed by atoms with Crippen LogP contribution in [0.25, 0.3) is 0 Å². The SMILES string of the molecule is C=CC(=O)OCCOCCOCCOC(=O)C1CCC(C2CCC(C(=O)Oc3ccc(OC(=O)C4CCC(C5CCC(C(=O)OCCOCCOCCOC(=O)C=C)CC5)CC4)c(C)c3)CC2)CC1. The van der Waals surface area contributed by atoms with Crippen LogP contribution in [0.15, 0.2) is 43.5 Å². The summed E-state index contributed by atoms with van der Waals surface area (Å²) in [4.78, 5) is 73.9. The highest BCUT2D eigenvalue weighted by atomic mass is 16.6. The minimum Gasteiger partial charge on any atom is -0.463 e. The van der Waals surface area contributed by atoms with Gasteiger partial charge in [-0.1, -0.05) is 13.2 Å². The van der Waals surface area contributed by atoms with Gasteiger partial charge in [0.05, 0.1) is 76.5 Å². The fourth-order valence-electron chi connectivity index (χ4n) is 10.3. The molecule has 4 aliphatic rings. The van der Waals surface area contributed by atoms with Crippen molar-refractivity contribution in [3.05, 3.63) is 49.1 Å². The zero-order chi connectivity index (χ0) is 49.2. The molecular weight excluding hydrogens is 893 g/mol. The van der Waals surface area contributed by atoms with Crippen LogP contribution in [0.3, 0.4) is 0 Å². The van der Waals surface area contributed by atoms with Gasteiger partial charge in [0.1, 0.15) is 37.9 Å². The first-order chi connectivity index (χ1) is 33.5. The molecule has 0 radical (unpaired) electrons. The van der Waals surface area contributed by atoms with E-state index < -0.39 is 11.9 Å². The molecule has 4 aliphatic carbocycles. The molecule has 1 aromatic carbocycles. The van der Waals surface area contributed by atoms with E-state index in [1.165, 1.54) is 0 Å². The number of hydrogen-bond acceptors (Lipinski definition) is 16. The Kier molecular flexibility index (Phi) is 24.7. The maximum Gasteiger partial charge on any atom is 0.330 e. The molecule has 384 valence electrons. The Hall–Kier alpha value is -4.64. The van der Waals surface area contributed by atoms with Crippen LogP contribution in [-0.2, 0) is 66.7 Å². The van der Waals surface area contributed by atoms with Crippen molar-refractivity contribution in [1.82, 2.24) is 0 Å². The van der Waals surface area contributed by atoms with Gasteiger partial charge in [0.2, 0.25) is 0 Å². The van der Waals surface area contributed by atoms with Crippen molar-refractivity contribution in [3.63, 3.8) is 0 Å². The Bertz CT molecular complexity index is 1780. The van der Waals surface area contributed by atoms with Gasteiger partial charge >= 0.3 is 35.8 Å². The quantitative estimate of drug-likeness (QED) is 0.0261. The van der Waals surface area contributed by atoms with E-state index in [9.17, 15) is 28.8 Å². The van der Waals surface area contributed by atoms with Crippen LogP contribution in [0.4, 0.5) is 0 Å². The van der Waals surface area contributed by atoms with E-state index in [1.54, 1.807) is 18.2 Å². The Balaban J connectivity index is 0.881. The fourth-order valence-corrected chi connectivity index (χ4v) is 10.3. The van der Waals surface area contributed by atoms with Gasteiger partial charge in [0.15, 0.2) is 0 Å². The molecule has 5 rings (SSSR count). The van der Waals surface area contributed by atoms with Crippen LogP contribution in [0, 0.1) is 54.3 Å². The van der Waals surface area contributed by atoms with E-state index in [1.807, 2.05) is 6.92 Å². The Labute approximate surface area is 407 Å². The molecule has 0 heterocycles. The predicted molar refractivity (Wildman–Crippen MR) is 252 cm³/mol. The first-order valence-corrected chi connectivity index (χ1v) is 25.3. The summed E-state index contributed by atoms with van der Waals surface area (Å²) in [5.74, 6) is 0.833. The number of carbonyl (C=O) groups is 6. The number of aryl methyl sites for hydroxylation is 1. The summed E-state index contributed by atoms with van der Waals surface area (Å²) >= 11 is 0. The molecule has 69 heavy (non-hydrogen) atoms. The van der Waals surface area contributed by atoms with E-state index in [-0.39, 0.29) is 87.2 Å². The van der Waals surface area contributed by atoms with Crippen LogP contribution in [-0.4, -0.2) is 115 Å². The number of hydrogen-bond donors (Lipinski definition) is 0. The minimum absolute atomic E-state index is 0.0916. The van der Waals surface area contributed by atoms with Gasteiger partial charge in [-0.05, 0) is 157 Å². The Morgan fingerprint density at radius 2 is 0.725 bits per heavy atom. The Morgan fingerprint density at radius 1 is 0.420 bits per heavy atom. The van der Waals surface area contributed by atoms with Crippen LogP contribution >= 0.6 is 0 Å². The molecule has 1 aromatic rings. The van der Waals surface area contributed by atoms with Gasteiger partial charge in [-0.15, -0.1) is 0 Å². The van der Waals surface area contributed by atoms with Crippen molar-refractivity contribution in [1.29, 1.82) is 0 Å². The molecule has 16 nitrogen and oxygen atoms in total. The normalized spacial score (nSPS) is 24.8. The molecule has 0 aromatic heterocycles. The lowest BCUT2D eigenvalue weighted by Gasteiger charge is -2.36. The van der Waals surface area contributed by atoms with Crippen molar-refractivity contribution in [2.24, 2.45) is 47.3 Å². The third kappa shape index (κ3) is 19.6. The topological polar surface area (TPSA) is 195 Å². The van der Waals surface area contributed by atoms with Gasteiger partial charge in [-0.25, -0.2) is 9.59 Å². The first-order valence-electron chi connectivity index (χ1n) is 25.3. The van der Waals surface area contributed by atoms with E-state index in [2.05, 4.69) is 13.2 Å². The molecule has 0 spiro atoms. The van der Waals surface area contributed by atoms with Gasteiger partial charge in [0.25, 0.3) is 0 Å². The van der Waals surface area contributed by atoms with Crippen molar-refractivity contribution in [2.75, 3.05) is 79.3 Å². The van der Waals surface area contributed by atoms with Gasteiger partial charge in [-0.2, -0.15) is 0 Å². The van der Waals surface area contributed by atoms with Crippen molar-refractivity contribution in [2.45, 2.75) is 110 Å². The summed E-state index contributed by atoms with van der Waals surface area (Å²) in [5.41, 5.74) is 0.734. The largest absolute Gasteiger partial charge is 0.463 e. The predicted octanol–water partition coefficient (Wildman–Crippen LogP) is 7.64. The highest BCUT2D eigenvalue weighted by molar-refractivity contribution is 5.81. The highest BCUT2D eigenvalue weighted by Crippen LogP contribution is 2.44. The summed E-state index contributed by atoms with van der Waals surface area (Å²) in [5, 5.41) is 0. The second-order valence-electron chi connectivity index (χ2n) is 18.7. The van der Waals surface area contributed by atoms with E-state index in [4.69, 9.17) is 47.4 Å². The average Bonchev–Trinajstić information content (AvgIpc) is 3.38. The summed E-state index contributed by atoms with van der Waals surface area (Å²) in [7, 11) is 0. The summed E-state index contributed by atoms with van der Waals surface area (Å²) in [6.07, 6.45) is 16.4. The van der Waals surface area contributed by atoms with Crippen molar-refractivity contribution in [3.8, 4) is 11.5 Å². The van der Waals surface area contributed by atoms with Gasteiger partial charge in [0, 0.05) is 12.2 Å². The van der Waals surface area contributed by atoms with E-state index in [0.717, 1.165) is 120 Å². The second kappa shape index (κ2) is 30.9. The molecule has 4 saturated carbocycles. The lowest BCUT2D eigenvalue weighted by molar-refractivity contribution is -0.152. The number of carbonyl (C=O) groups excluding carboxylic acids is 6. The fraction of sp³-hybridized carbons (Fsp3) is 0.698. The lowest BCUT2D eigenvalue weighted by Crippen LogP contribution is -2.32. The van der Waals surface area contributed by atoms with E-state index in [0.29, 0.717) is 74.8 Å². The number of ether oxygens (including phenoxy) is 10. The van der Waals surface area contributed by atoms with Crippen LogP contribution in [0.5, 0.6) is 11.5 Å². The van der Waals surface area contributed by atoms with Crippen LogP contribution in [0.1, 0.15) is 108 Å². The van der Waals surface area contributed by atoms with Crippen molar-refractivity contribution >= 4 is 35.8 Å². The van der Waals surface area contributed by atoms with Crippen LogP contribution < -0.4 is 9.47 Å². The molecule has 0 unspecified atom stereocenters. The minimum atomic E-state index is -0.488. The lowest BCUT2D eigenvalue weighted by atomic mass is 9.69. The van der Waals surface area contributed by atoms with E-state index >= 15 is 0 Å². The second-order valence-corrected chi connectivity index (χ2v) is 18.7. The molecular formula is C53H76O16. The zero-order valence-corrected chi connectivity index (χ0v) is 40.8. The summed E-state index contributed by atoms with van der Waals surface area (Å²) in [6, 6.07) is 5.18. The van der Waals surface area contributed by atoms with Gasteiger partial charge < -0.3 is 47.4 Å². The average molecular weight is 969 g/mol. The van der Waals surface area contributed by atoms with Gasteiger partial charge in [-0.3, -0.25) is 19.2 Å². The molecule has 0 bridgehead atoms.